The van der Waals surface area contributed by atoms with E-state index in [0.29, 0.717) is 19.4 Å². The first-order chi connectivity index (χ1) is 13.5. The van der Waals surface area contributed by atoms with Crippen LogP contribution in [0, 0.1) is 0 Å². The molecule has 13 heteroatoms. The molecule has 0 aromatic rings. The Kier molecular flexibility index (Phi) is 12.1. The number of unbranched alkanes of at least 4 members (excludes halogenated alkanes) is 1. The highest BCUT2D eigenvalue weighted by Crippen LogP contribution is 2.04. The molecule has 4 unspecified atom stereocenters. The van der Waals surface area contributed by atoms with Crippen molar-refractivity contribution in [3.63, 3.8) is 0 Å². The molecule has 0 fully saturated rings. The third-order valence-corrected chi connectivity index (χ3v) is 3.87. The summed E-state index contributed by atoms with van der Waals surface area (Å²) in [6.07, 6.45) is -0.873. The highest BCUT2D eigenvalue weighted by atomic mass is 16.4. The molecule has 166 valence electrons. The van der Waals surface area contributed by atoms with Gasteiger partial charge in [-0.25, -0.2) is 4.79 Å². The van der Waals surface area contributed by atoms with Crippen LogP contribution in [0.25, 0.3) is 0 Å². The number of carbonyl (C=O) groups excluding carboxylic acids is 4. The molecule has 0 aliphatic rings. The van der Waals surface area contributed by atoms with Gasteiger partial charge in [0.2, 0.25) is 23.6 Å². The van der Waals surface area contributed by atoms with E-state index in [0.717, 1.165) is 0 Å². The summed E-state index contributed by atoms with van der Waals surface area (Å²) < 4.78 is 0. The topological polar surface area (TPSA) is 240 Å². The zero-order valence-electron chi connectivity index (χ0n) is 16.2. The number of aliphatic carboxylic acids is 1. The summed E-state index contributed by atoms with van der Waals surface area (Å²) >= 11 is 0. The maximum atomic E-state index is 12.4. The molecule has 0 radical (unpaired) electrons. The van der Waals surface area contributed by atoms with Gasteiger partial charge in [-0.05, 0) is 32.7 Å². The number of aliphatic hydroxyl groups is 1. The van der Waals surface area contributed by atoms with Gasteiger partial charge in [0.1, 0.15) is 18.1 Å². The fourth-order valence-corrected chi connectivity index (χ4v) is 2.33. The lowest BCUT2D eigenvalue weighted by molar-refractivity contribution is -0.142. The first-order valence-corrected chi connectivity index (χ1v) is 9.02. The Labute approximate surface area is 167 Å². The van der Waals surface area contributed by atoms with Crippen molar-refractivity contribution in [1.29, 1.82) is 0 Å². The first kappa shape index (κ1) is 26.2. The molecule has 0 saturated heterocycles. The number of carbonyl (C=O) groups is 5. The van der Waals surface area contributed by atoms with Crippen LogP contribution in [0.1, 0.15) is 32.6 Å². The molecule has 29 heavy (non-hydrogen) atoms. The van der Waals surface area contributed by atoms with E-state index in [2.05, 4.69) is 16.0 Å². The molecule has 0 spiro atoms. The quantitative estimate of drug-likeness (QED) is 0.128. The Morgan fingerprint density at radius 3 is 1.97 bits per heavy atom. The van der Waals surface area contributed by atoms with Crippen molar-refractivity contribution in [3.8, 4) is 0 Å². The third-order valence-electron chi connectivity index (χ3n) is 3.87. The Balaban J connectivity index is 5.27. The Hall–Kier alpha value is -2.77. The van der Waals surface area contributed by atoms with E-state index in [1.165, 1.54) is 6.92 Å². The highest BCUT2D eigenvalue weighted by Gasteiger charge is 2.32. The van der Waals surface area contributed by atoms with E-state index in [-0.39, 0.29) is 6.42 Å². The summed E-state index contributed by atoms with van der Waals surface area (Å²) in [6, 6.07) is -4.22. The predicted molar refractivity (Wildman–Crippen MR) is 101 cm³/mol. The van der Waals surface area contributed by atoms with Crippen molar-refractivity contribution in [2.24, 2.45) is 17.2 Å². The molecule has 0 saturated carbocycles. The number of hydrogen-bond acceptors (Lipinski definition) is 8. The lowest BCUT2D eigenvalue weighted by Gasteiger charge is -2.25. The van der Waals surface area contributed by atoms with Crippen molar-refractivity contribution < 1.29 is 34.2 Å². The van der Waals surface area contributed by atoms with Gasteiger partial charge in [0.15, 0.2) is 0 Å². The van der Waals surface area contributed by atoms with Crippen molar-refractivity contribution in [2.75, 3.05) is 13.1 Å². The number of carboxylic acids is 1. The third kappa shape index (κ3) is 10.4. The van der Waals surface area contributed by atoms with Crippen molar-refractivity contribution in [1.82, 2.24) is 16.0 Å². The summed E-state index contributed by atoms with van der Waals surface area (Å²) in [4.78, 5) is 58.8. The van der Waals surface area contributed by atoms with Gasteiger partial charge in [0.05, 0.1) is 19.1 Å². The molecule has 0 aromatic carbocycles. The van der Waals surface area contributed by atoms with E-state index < -0.39 is 66.8 Å². The molecule has 11 N–H and O–H groups in total. The van der Waals surface area contributed by atoms with Gasteiger partial charge in [-0.15, -0.1) is 0 Å². The standard InChI is InChI=1S/C16H30N6O7/c1-8(23)13(22-12(25)7-18)15(27)21-10(6-11(19)24)14(26)20-9(16(28)29)4-2-3-5-17/h8-10,13,23H,2-7,17-18H2,1H3,(H2,19,24)(H,20,26)(H,21,27)(H,22,25)(H,28,29). The summed E-state index contributed by atoms with van der Waals surface area (Å²) in [6.45, 7) is 1.14. The number of aliphatic hydroxyl groups excluding tert-OH is 1. The fourth-order valence-electron chi connectivity index (χ4n) is 2.33. The van der Waals surface area contributed by atoms with Gasteiger partial charge in [-0.2, -0.15) is 0 Å². The summed E-state index contributed by atoms with van der Waals surface area (Å²) in [5.41, 5.74) is 15.6. The van der Waals surface area contributed by atoms with Crippen molar-refractivity contribution in [2.45, 2.75) is 56.8 Å². The second-order valence-electron chi connectivity index (χ2n) is 6.41. The van der Waals surface area contributed by atoms with E-state index >= 15 is 0 Å². The van der Waals surface area contributed by atoms with E-state index in [9.17, 15) is 34.2 Å². The van der Waals surface area contributed by atoms with Gasteiger partial charge in [0, 0.05) is 0 Å². The molecular formula is C16H30N6O7. The van der Waals surface area contributed by atoms with E-state index in [1.807, 2.05) is 0 Å². The fraction of sp³-hybridized carbons (Fsp3) is 0.688. The van der Waals surface area contributed by atoms with Gasteiger partial charge in [-0.1, -0.05) is 0 Å². The Morgan fingerprint density at radius 2 is 1.52 bits per heavy atom. The minimum atomic E-state index is -1.51. The molecule has 0 rings (SSSR count). The first-order valence-electron chi connectivity index (χ1n) is 9.02. The largest absolute Gasteiger partial charge is 0.480 e. The Morgan fingerprint density at radius 1 is 0.931 bits per heavy atom. The van der Waals surface area contributed by atoms with Crippen molar-refractivity contribution >= 4 is 29.6 Å². The average molecular weight is 418 g/mol. The lowest BCUT2D eigenvalue weighted by Crippen LogP contribution is -2.59. The van der Waals surface area contributed by atoms with Crippen LogP contribution in [-0.2, 0) is 24.0 Å². The number of hydrogen-bond donors (Lipinski definition) is 8. The van der Waals surface area contributed by atoms with Crippen LogP contribution < -0.4 is 33.2 Å². The molecule has 0 heterocycles. The van der Waals surface area contributed by atoms with Crippen LogP contribution in [0.5, 0.6) is 0 Å². The molecule has 0 aromatic heterocycles. The van der Waals surface area contributed by atoms with E-state index in [1.54, 1.807) is 0 Å². The zero-order valence-corrected chi connectivity index (χ0v) is 16.2. The van der Waals surface area contributed by atoms with Crippen molar-refractivity contribution in [3.05, 3.63) is 0 Å². The lowest BCUT2D eigenvalue weighted by atomic mass is 10.1. The normalized spacial score (nSPS) is 14.8. The second-order valence-corrected chi connectivity index (χ2v) is 6.41. The smallest absolute Gasteiger partial charge is 0.326 e. The molecular weight excluding hydrogens is 388 g/mol. The molecule has 0 bridgehead atoms. The zero-order chi connectivity index (χ0) is 22.6. The van der Waals surface area contributed by atoms with Crippen LogP contribution in [0.4, 0.5) is 0 Å². The molecule has 0 aliphatic carbocycles. The Bertz CT molecular complexity index is 598. The maximum Gasteiger partial charge on any atom is 0.326 e. The monoisotopic (exact) mass is 418 g/mol. The summed E-state index contributed by atoms with van der Waals surface area (Å²) in [7, 11) is 0. The minimum Gasteiger partial charge on any atom is -0.480 e. The van der Waals surface area contributed by atoms with Gasteiger partial charge in [-0.3, -0.25) is 19.2 Å². The summed E-state index contributed by atoms with van der Waals surface area (Å²) in [5, 5.41) is 25.5. The van der Waals surface area contributed by atoms with Crippen LogP contribution >= 0.6 is 0 Å². The molecule has 4 atom stereocenters. The number of nitrogens with two attached hydrogens (primary N) is 3. The SMILES string of the molecule is CC(O)C(NC(=O)CN)C(=O)NC(CC(N)=O)C(=O)NC(CCCCN)C(=O)O. The number of carboxylic acid groups (broad SMARTS) is 1. The van der Waals surface area contributed by atoms with Gasteiger partial charge < -0.3 is 43.4 Å². The molecule has 0 aliphatic heterocycles. The minimum absolute atomic E-state index is 0.0956. The predicted octanol–water partition coefficient (Wildman–Crippen LogP) is -4.13. The number of rotatable bonds is 14. The van der Waals surface area contributed by atoms with Gasteiger partial charge in [0.25, 0.3) is 0 Å². The van der Waals surface area contributed by atoms with Crippen LogP contribution in [-0.4, -0.2) is 77.1 Å². The van der Waals surface area contributed by atoms with Crippen LogP contribution in [0.3, 0.4) is 0 Å². The highest BCUT2D eigenvalue weighted by molar-refractivity contribution is 5.96. The van der Waals surface area contributed by atoms with Crippen LogP contribution in [0.2, 0.25) is 0 Å². The van der Waals surface area contributed by atoms with Gasteiger partial charge >= 0.3 is 5.97 Å². The van der Waals surface area contributed by atoms with Crippen LogP contribution in [0.15, 0.2) is 0 Å². The maximum absolute atomic E-state index is 12.4. The molecule has 13 nitrogen and oxygen atoms in total. The molecule has 4 amide bonds. The summed E-state index contributed by atoms with van der Waals surface area (Å²) in [5.74, 6) is -4.88. The number of primary amides is 1. The van der Waals surface area contributed by atoms with E-state index in [4.69, 9.17) is 17.2 Å². The number of nitrogens with one attached hydrogen (secondary N) is 3. The second kappa shape index (κ2) is 13.4. The number of amides is 4. The average Bonchev–Trinajstić information content (AvgIpc) is 2.63.